The maximum atomic E-state index is 12.7. The van der Waals surface area contributed by atoms with Crippen LogP contribution in [0.3, 0.4) is 0 Å². The summed E-state index contributed by atoms with van der Waals surface area (Å²) in [6.07, 6.45) is 0. The molecule has 166 valence electrons. The highest BCUT2D eigenvalue weighted by atomic mass is 35.5. The zero-order chi connectivity index (χ0) is 23.1. The Labute approximate surface area is 200 Å². The van der Waals surface area contributed by atoms with Gasteiger partial charge in [0.2, 0.25) is 5.91 Å². The molecule has 6 nitrogen and oxygen atoms in total. The molecule has 3 aromatic rings. The van der Waals surface area contributed by atoms with Crippen molar-refractivity contribution in [3.63, 3.8) is 0 Å². The molecular weight excluding hydrogens is 471 g/mol. The van der Waals surface area contributed by atoms with E-state index in [9.17, 15) is 9.59 Å². The maximum absolute atomic E-state index is 12.7. The van der Waals surface area contributed by atoms with Crippen LogP contribution in [-0.2, 0) is 4.79 Å². The summed E-state index contributed by atoms with van der Waals surface area (Å²) in [5, 5.41) is 6.49. The highest BCUT2D eigenvalue weighted by Crippen LogP contribution is 2.29. The van der Waals surface area contributed by atoms with E-state index in [0.29, 0.717) is 38.5 Å². The first-order chi connectivity index (χ1) is 15.4. The fourth-order valence-electron chi connectivity index (χ4n) is 2.88. The quantitative estimate of drug-likeness (QED) is 0.379. The van der Waals surface area contributed by atoms with Gasteiger partial charge in [0.15, 0.2) is 0 Å². The van der Waals surface area contributed by atoms with Crippen LogP contribution in [0.15, 0.2) is 65.6 Å². The number of carbonyl (C=O) groups is 2. The molecule has 2 N–H and O–H groups in total. The molecular formula is C23H20Cl2N2O4S. The predicted octanol–water partition coefficient (Wildman–Crippen LogP) is 5.99. The van der Waals surface area contributed by atoms with E-state index in [-0.39, 0.29) is 17.6 Å². The van der Waals surface area contributed by atoms with Gasteiger partial charge in [-0.15, -0.1) is 11.8 Å². The molecule has 0 saturated carbocycles. The molecule has 3 rings (SSSR count). The van der Waals surface area contributed by atoms with Crippen molar-refractivity contribution < 1.29 is 19.1 Å². The highest BCUT2D eigenvalue weighted by molar-refractivity contribution is 8.00. The normalized spacial score (nSPS) is 10.4. The van der Waals surface area contributed by atoms with Crippen LogP contribution in [0.5, 0.6) is 11.5 Å². The number of ether oxygens (including phenoxy) is 2. The lowest BCUT2D eigenvalue weighted by Crippen LogP contribution is -2.14. The van der Waals surface area contributed by atoms with E-state index in [4.69, 9.17) is 32.7 Å². The first-order valence-corrected chi connectivity index (χ1v) is 11.1. The van der Waals surface area contributed by atoms with Gasteiger partial charge in [-0.2, -0.15) is 0 Å². The van der Waals surface area contributed by atoms with Gasteiger partial charge in [-0.25, -0.2) is 0 Å². The average Bonchev–Trinajstić information content (AvgIpc) is 2.77. The fraction of sp³-hybridized carbons (Fsp3) is 0.130. The largest absolute Gasteiger partial charge is 0.496 e. The molecule has 0 unspecified atom stereocenters. The van der Waals surface area contributed by atoms with E-state index in [1.807, 2.05) is 12.1 Å². The molecule has 2 amide bonds. The van der Waals surface area contributed by atoms with Gasteiger partial charge in [-0.05, 0) is 54.6 Å². The Balaban J connectivity index is 1.58. The Hall–Kier alpha value is -2.87. The number of amides is 2. The number of halogens is 2. The number of hydrogen-bond donors (Lipinski definition) is 2. The number of carbonyl (C=O) groups excluding carboxylic acids is 2. The van der Waals surface area contributed by atoms with Crippen LogP contribution in [0.4, 0.5) is 11.4 Å². The van der Waals surface area contributed by atoms with Crippen LogP contribution in [0.1, 0.15) is 10.4 Å². The van der Waals surface area contributed by atoms with E-state index in [1.165, 1.54) is 26.0 Å². The van der Waals surface area contributed by atoms with E-state index in [0.717, 1.165) is 4.90 Å². The van der Waals surface area contributed by atoms with E-state index in [2.05, 4.69) is 10.6 Å². The zero-order valence-corrected chi connectivity index (χ0v) is 19.6. The van der Waals surface area contributed by atoms with Gasteiger partial charge in [-0.1, -0.05) is 29.3 Å². The average molecular weight is 491 g/mol. The lowest BCUT2D eigenvalue weighted by atomic mass is 10.1. The Morgan fingerprint density at radius 3 is 2.00 bits per heavy atom. The first-order valence-electron chi connectivity index (χ1n) is 9.40. The smallest absolute Gasteiger partial charge is 0.263 e. The lowest BCUT2D eigenvalue weighted by molar-refractivity contribution is -0.113. The van der Waals surface area contributed by atoms with Crippen molar-refractivity contribution in [2.24, 2.45) is 0 Å². The van der Waals surface area contributed by atoms with Crippen molar-refractivity contribution in [1.82, 2.24) is 0 Å². The Morgan fingerprint density at radius 1 is 0.844 bits per heavy atom. The van der Waals surface area contributed by atoms with Crippen LogP contribution >= 0.6 is 35.0 Å². The zero-order valence-electron chi connectivity index (χ0n) is 17.3. The Bertz CT molecular complexity index is 1080. The number of methoxy groups -OCH3 is 2. The molecule has 0 aliphatic carbocycles. The monoisotopic (exact) mass is 490 g/mol. The molecule has 0 fully saturated rings. The van der Waals surface area contributed by atoms with Gasteiger partial charge in [0.1, 0.15) is 17.1 Å². The van der Waals surface area contributed by atoms with Crippen LogP contribution in [0.25, 0.3) is 0 Å². The van der Waals surface area contributed by atoms with Crippen molar-refractivity contribution >= 4 is 58.2 Å². The summed E-state index contributed by atoms with van der Waals surface area (Å²) in [7, 11) is 2.99. The van der Waals surface area contributed by atoms with Crippen LogP contribution < -0.4 is 20.1 Å². The van der Waals surface area contributed by atoms with Crippen molar-refractivity contribution in [3.05, 3.63) is 76.3 Å². The number of hydrogen-bond acceptors (Lipinski definition) is 5. The third kappa shape index (κ3) is 6.32. The summed E-state index contributed by atoms with van der Waals surface area (Å²) in [6.45, 7) is 0. The molecule has 0 aliphatic heterocycles. The molecule has 0 saturated heterocycles. The molecule has 0 aromatic heterocycles. The molecule has 0 spiro atoms. The predicted molar refractivity (Wildman–Crippen MR) is 130 cm³/mol. The summed E-state index contributed by atoms with van der Waals surface area (Å²) in [5.74, 6) is 0.504. The molecule has 0 bridgehead atoms. The summed E-state index contributed by atoms with van der Waals surface area (Å²) in [4.78, 5) is 25.8. The fourth-order valence-corrected chi connectivity index (χ4v) is 4.10. The van der Waals surface area contributed by atoms with Gasteiger partial charge in [0, 0.05) is 26.3 Å². The minimum absolute atomic E-state index is 0.186. The molecule has 0 radical (unpaired) electrons. The van der Waals surface area contributed by atoms with Crippen molar-refractivity contribution in [2.75, 3.05) is 30.6 Å². The van der Waals surface area contributed by atoms with Gasteiger partial charge >= 0.3 is 0 Å². The summed E-state index contributed by atoms with van der Waals surface area (Å²) in [5.41, 5.74) is 1.46. The maximum Gasteiger partial charge on any atom is 0.263 e. The van der Waals surface area contributed by atoms with Crippen LogP contribution in [0, 0.1) is 0 Å². The molecule has 32 heavy (non-hydrogen) atoms. The second-order valence-corrected chi connectivity index (χ2v) is 8.43. The van der Waals surface area contributed by atoms with Gasteiger partial charge < -0.3 is 20.1 Å². The van der Waals surface area contributed by atoms with Gasteiger partial charge in [-0.3, -0.25) is 9.59 Å². The first kappa shape index (κ1) is 23.8. The SMILES string of the molecule is COc1cccc(OC)c1C(=O)Nc1ccc(SCC(=O)Nc2cc(Cl)cc(Cl)c2)cc1. The minimum atomic E-state index is -0.348. The topological polar surface area (TPSA) is 76.7 Å². The van der Waals surface area contributed by atoms with E-state index in [1.54, 1.807) is 48.5 Å². The molecule has 3 aromatic carbocycles. The van der Waals surface area contributed by atoms with Crippen LogP contribution in [0.2, 0.25) is 10.0 Å². The number of thioether (sulfide) groups is 1. The van der Waals surface area contributed by atoms with E-state index < -0.39 is 0 Å². The van der Waals surface area contributed by atoms with Crippen molar-refractivity contribution in [1.29, 1.82) is 0 Å². The second-order valence-electron chi connectivity index (χ2n) is 6.51. The highest BCUT2D eigenvalue weighted by Gasteiger charge is 2.18. The summed E-state index contributed by atoms with van der Waals surface area (Å²) < 4.78 is 10.6. The molecule has 0 heterocycles. The standard InChI is InChI=1S/C23H20Cl2N2O4S/c1-30-19-4-3-5-20(31-2)22(19)23(29)27-16-6-8-18(9-7-16)32-13-21(28)26-17-11-14(24)10-15(25)12-17/h3-12H,13H2,1-2H3,(H,26,28)(H,27,29). The lowest BCUT2D eigenvalue weighted by Gasteiger charge is -2.13. The molecule has 0 aliphatic rings. The molecule has 0 atom stereocenters. The van der Waals surface area contributed by atoms with Gasteiger partial charge in [0.25, 0.3) is 5.91 Å². The van der Waals surface area contributed by atoms with E-state index >= 15 is 0 Å². The Kier molecular flexibility index (Phi) is 8.27. The number of rotatable bonds is 8. The van der Waals surface area contributed by atoms with Crippen LogP contribution in [-0.4, -0.2) is 31.8 Å². The number of nitrogens with one attached hydrogen (secondary N) is 2. The summed E-state index contributed by atoms with van der Waals surface area (Å²) >= 11 is 13.3. The third-order valence-corrected chi connectivity index (χ3v) is 5.73. The summed E-state index contributed by atoms with van der Waals surface area (Å²) in [6, 6.07) is 17.2. The van der Waals surface area contributed by atoms with Crippen molar-refractivity contribution in [2.45, 2.75) is 4.90 Å². The Morgan fingerprint density at radius 2 is 1.44 bits per heavy atom. The second kappa shape index (κ2) is 11.1. The third-order valence-electron chi connectivity index (χ3n) is 4.28. The van der Waals surface area contributed by atoms with Gasteiger partial charge in [0.05, 0.1) is 20.0 Å². The van der Waals surface area contributed by atoms with Crippen molar-refractivity contribution in [3.8, 4) is 11.5 Å². The number of anilines is 2. The number of benzene rings is 3. The molecule has 9 heteroatoms. The minimum Gasteiger partial charge on any atom is -0.496 e.